The lowest BCUT2D eigenvalue weighted by Gasteiger charge is -2.13. The predicted octanol–water partition coefficient (Wildman–Crippen LogP) is 3.02. The highest BCUT2D eigenvalue weighted by atomic mass is 19.1. The van der Waals surface area contributed by atoms with Crippen LogP contribution in [0.3, 0.4) is 0 Å². The molecule has 1 unspecified atom stereocenters. The lowest BCUT2D eigenvalue weighted by molar-refractivity contribution is 0.265. The van der Waals surface area contributed by atoms with Crippen molar-refractivity contribution in [2.75, 3.05) is 0 Å². The van der Waals surface area contributed by atoms with Gasteiger partial charge in [0.05, 0.1) is 6.26 Å². The largest absolute Gasteiger partial charge is 0.485 e. The van der Waals surface area contributed by atoms with Crippen molar-refractivity contribution in [1.82, 2.24) is 0 Å². The predicted molar refractivity (Wildman–Crippen MR) is 62.0 cm³/mol. The summed E-state index contributed by atoms with van der Waals surface area (Å²) in [4.78, 5) is 0. The molecule has 2 rings (SSSR count). The van der Waals surface area contributed by atoms with Crippen LogP contribution in [0.15, 0.2) is 41.0 Å². The fourth-order valence-corrected chi connectivity index (χ4v) is 1.63. The summed E-state index contributed by atoms with van der Waals surface area (Å²) in [6.45, 7) is 1.98. The Morgan fingerprint density at radius 3 is 2.82 bits per heavy atom. The molecule has 0 amide bonds. The summed E-state index contributed by atoms with van der Waals surface area (Å²) in [7, 11) is 0. The van der Waals surface area contributed by atoms with Crippen LogP contribution in [0.2, 0.25) is 0 Å². The molecule has 1 heterocycles. The van der Waals surface area contributed by atoms with E-state index in [1.807, 2.05) is 0 Å². The van der Waals surface area contributed by atoms with Gasteiger partial charge in [-0.1, -0.05) is 6.07 Å². The molecule has 17 heavy (non-hydrogen) atoms. The van der Waals surface area contributed by atoms with Gasteiger partial charge in [-0.2, -0.15) is 0 Å². The Morgan fingerprint density at radius 1 is 1.35 bits per heavy atom. The van der Waals surface area contributed by atoms with Crippen molar-refractivity contribution in [3.05, 3.63) is 53.7 Å². The molecule has 0 aliphatic heterocycles. The van der Waals surface area contributed by atoms with Crippen molar-refractivity contribution in [1.29, 1.82) is 0 Å². The van der Waals surface area contributed by atoms with E-state index in [0.29, 0.717) is 17.1 Å². The number of benzene rings is 1. The van der Waals surface area contributed by atoms with Crippen LogP contribution in [0.25, 0.3) is 0 Å². The molecule has 2 aromatic rings. The van der Waals surface area contributed by atoms with Gasteiger partial charge in [-0.25, -0.2) is 4.39 Å². The van der Waals surface area contributed by atoms with E-state index in [0.717, 1.165) is 0 Å². The SMILES string of the molecule is CC(N)c1c(F)cccc1OCc1ccco1. The van der Waals surface area contributed by atoms with Crippen LogP contribution in [0.5, 0.6) is 5.75 Å². The average molecular weight is 235 g/mol. The topological polar surface area (TPSA) is 48.4 Å². The Hall–Kier alpha value is -1.81. The zero-order chi connectivity index (χ0) is 12.3. The molecular weight excluding hydrogens is 221 g/mol. The van der Waals surface area contributed by atoms with Crippen LogP contribution < -0.4 is 10.5 Å². The Kier molecular flexibility index (Phi) is 3.44. The van der Waals surface area contributed by atoms with E-state index in [4.69, 9.17) is 14.9 Å². The highest BCUT2D eigenvalue weighted by Gasteiger charge is 2.13. The first kappa shape index (κ1) is 11.7. The highest BCUT2D eigenvalue weighted by molar-refractivity contribution is 5.36. The van der Waals surface area contributed by atoms with E-state index in [1.54, 1.807) is 37.5 Å². The molecule has 0 aliphatic rings. The van der Waals surface area contributed by atoms with Crippen LogP contribution in [-0.4, -0.2) is 0 Å². The van der Waals surface area contributed by atoms with Crippen molar-refractivity contribution in [2.24, 2.45) is 5.73 Å². The van der Waals surface area contributed by atoms with Gasteiger partial charge in [0.25, 0.3) is 0 Å². The van der Waals surface area contributed by atoms with Crippen LogP contribution in [0.4, 0.5) is 4.39 Å². The Morgan fingerprint density at radius 2 is 2.18 bits per heavy atom. The van der Waals surface area contributed by atoms with E-state index < -0.39 is 6.04 Å². The summed E-state index contributed by atoms with van der Waals surface area (Å²) in [6.07, 6.45) is 1.57. The molecule has 0 bridgehead atoms. The third kappa shape index (κ3) is 2.65. The van der Waals surface area contributed by atoms with Gasteiger partial charge in [0.2, 0.25) is 0 Å². The third-order valence-electron chi connectivity index (χ3n) is 2.42. The zero-order valence-corrected chi connectivity index (χ0v) is 9.52. The molecule has 0 fully saturated rings. The van der Waals surface area contributed by atoms with Gasteiger partial charge in [-0.3, -0.25) is 0 Å². The van der Waals surface area contributed by atoms with Crippen molar-refractivity contribution >= 4 is 0 Å². The fourth-order valence-electron chi connectivity index (χ4n) is 1.63. The number of furan rings is 1. The highest BCUT2D eigenvalue weighted by Crippen LogP contribution is 2.27. The first-order valence-corrected chi connectivity index (χ1v) is 5.37. The fraction of sp³-hybridized carbons (Fsp3) is 0.231. The van der Waals surface area contributed by atoms with E-state index in [-0.39, 0.29) is 12.4 Å². The second kappa shape index (κ2) is 5.01. The number of nitrogens with two attached hydrogens (primary N) is 1. The van der Waals surface area contributed by atoms with Gasteiger partial charge in [0.1, 0.15) is 23.9 Å². The van der Waals surface area contributed by atoms with Gasteiger partial charge in [-0.05, 0) is 31.2 Å². The average Bonchev–Trinajstić information content (AvgIpc) is 2.78. The summed E-state index contributed by atoms with van der Waals surface area (Å²) in [5, 5.41) is 0. The molecule has 1 atom stereocenters. The van der Waals surface area contributed by atoms with Gasteiger partial charge in [0, 0.05) is 11.6 Å². The zero-order valence-electron chi connectivity index (χ0n) is 9.52. The number of ether oxygens (including phenoxy) is 1. The number of hydrogen-bond donors (Lipinski definition) is 1. The minimum absolute atomic E-state index is 0.260. The van der Waals surface area contributed by atoms with Crippen LogP contribution in [0.1, 0.15) is 24.3 Å². The minimum Gasteiger partial charge on any atom is -0.485 e. The van der Waals surface area contributed by atoms with Crippen LogP contribution >= 0.6 is 0 Å². The summed E-state index contributed by atoms with van der Waals surface area (Å²) in [5.74, 6) is 0.790. The van der Waals surface area contributed by atoms with Gasteiger partial charge in [-0.15, -0.1) is 0 Å². The van der Waals surface area contributed by atoms with Crippen molar-refractivity contribution < 1.29 is 13.5 Å². The molecule has 3 nitrogen and oxygen atoms in total. The van der Waals surface area contributed by atoms with Crippen LogP contribution in [0, 0.1) is 5.82 Å². The summed E-state index contributed by atoms with van der Waals surface area (Å²) in [6, 6.07) is 7.83. The molecule has 0 radical (unpaired) electrons. The molecule has 2 N–H and O–H groups in total. The molecule has 1 aromatic heterocycles. The first-order chi connectivity index (χ1) is 8.18. The van der Waals surface area contributed by atoms with Crippen LogP contribution in [-0.2, 0) is 6.61 Å². The van der Waals surface area contributed by atoms with E-state index >= 15 is 0 Å². The molecule has 1 aromatic carbocycles. The van der Waals surface area contributed by atoms with Crippen molar-refractivity contribution in [2.45, 2.75) is 19.6 Å². The quantitative estimate of drug-likeness (QED) is 0.886. The molecule has 0 aliphatic carbocycles. The maximum atomic E-state index is 13.6. The van der Waals surface area contributed by atoms with Gasteiger partial charge < -0.3 is 14.9 Å². The third-order valence-corrected chi connectivity index (χ3v) is 2.42. The van der Waals surface area contributed by atoms with E-state index in [1.165, 1.54) is 6.07 Å². The monoisotopic (exact) mass is 235 g/mol. The molecule has 0 saturated heterocycles. The maximum Gasteiger partial charge on any atom is 0.146 e. The Balaban J connectivity index is 2.18. The minimum atomic E-state index is -0.414. The molecule has 0 spiro atoms. The normalized spacial score (nSPS) is 12.4. The number of hydrogen-bond acceptors (Lipinski definition) is 3. The lowest BCUT2D eigenvalue weighted by Crippen LogP contribution is -2.10. The maximum absolute atomic E-state index is 13.6. The molecule has 90 valence electrons. The molecule has 4 heteroatoms. The standard InChI is InChI=1S/C13H14FNO2/c1-9(15)13-11(14)5-2-6-12(13)17-8-10-4-3-7-16-10/h2-7,9H,8,15H2,1H3. The summed E-state index contributed by atoms with van der Waals surface area (Å²) < 4.78 is 24.2. The second-order valence-electron chi connectivity index (χ2n) is 3.81. The number of halogens is 1. The summed E-state index contributed by atoms with van der Waals surface area (Å²) in [5.41, 5.74) is 6.11. The first-order valence-electron chi connectivity index (χ1n) is 5.37. The van der Waals surface area contributed by atoms with Gasteiger partial charge >= 0.3 is 0 Å². The Labute approximate surface area is 99.0 Å². The van der Waals surface area contributed by atoms with Crippen molar-refractivity contribution in [3.8, 4) is 5.75 Å². The van der Waals surface area contributed by atoms with E-state index in [2.05, 4.69) is 0 Å². The number of rotatable bonds is 4. The van der Waals surface area contributed by atoms with Crippen molar-refractivity contribution in [3.63, 3.8) is 0 Å². The van der Waals surface area contributed by atoms with E-state index in [9.17, 15) is 4.39 Å². The lowest BCUT2D eigenvalue weighted by atomic mass is 10.1. The summed E-state index contributed by atoms with van der Waals surface area (Å²) >= 11 is 0. The van der Waals surface area contributed by atoms with Gasteiger partial charge in [0.15, 0.2) is 0 Å². The Bertz CT molecular complexity index is 480. The smallest absolute Gasteiger partial charge is 0.146 e. The second-order valence-corrected chi connectivity index (χ2v) is 3.81. The molecule has 0 saturated carbocycles. The molecular formula is C13H14FNO2.